The first-order valence-corrected chi connectivity index (χ1v) is 4.64. The molecule has 0 aromatic rings. The highest BCUT2D eigenvalue weighted by atomic mass is 16.8. The number of oxime groups is 1. The Kier molecular flexibility index (Phi) is 3.46. The van der Waals surface area contributed by atoms with Crippen LogP contribution >= 0.6 is 0 Å². The van der Waals surface area contributed by atoms with Gasteiger partial charge < -0.3 is 14.3 Å². The van der Waals surface area contributed by atoms with Crippen LogP contribution in [0.4, 0.5) is 0 Å². The second kappa shape index (κ2) is 4.41. The first-order chi connectivity index (χ1) is 6.68. The number of methoxy groups -OCH3 is 1. The van der Waals surface area contributed by atoms with Crippen LogP contribution in [0, 0.1) is 0 Å². The van der Waals surface area contributed by atoms with Crippen molar-refractivity contribution in [3.63, 3.8) is 0 Å². The van der Waals surface area contributed by atoms with Crippen molar-refractivity contribution in [2.45, 2.75) is 32.5 Å². The molecule has 1 aliphatic rings. The summed E-state index contributed by atoms with van der Waals surface area (Å²) in [4.78, 5) is 16.5. The molecule has 0 N–H and O–H groups in total. The number of hydrogen-bond donors (Lipinski definition) is 0. The molecular formula is C9H15NO4. The normalized spacial score (nSPS) is 25.5. The highest BCUT2D eigenvalue weighted by Gasteiger charge is 2.48. The molecule has 0 aromatic heterocycles. The van der Waals surface area contributed by atoms with Gasteiger partial charge in [0.2, 0.25) is 0 Å². The lowest BCUT2D eigenvalue weighted by molar-refractivity contribution is -0.229. The van der Waals surface area contributed by atoms with Crippen molar-refractivity contribution in [3.05, 3.63) is 0 Å². The molecule has 1 rings (SSSR count). The molecule has 0 spiro atoms. The summed E-state index contributed by atoms with van der Waals surface area (Å²) in [6.45, 7) is 3.98. The Bertz CT molecular complexity index is 251. The minimum atomic E-state index is -1.35. The summed E-state index contributed by atoms with van der Waals surface area (Å²) < 4.78 is 9.88. The van der Waals surface area contributed by atoms with E-state index in [1.807, 2.05) is 6.92 Å². The van der Waals surface area contributed by atoms with Crippen LogP contribution in [0.5, 0.6) is 0 Å². The topological polar surface area (TPSA) is 57.1 Å². The summed E-state index contributed by atoms with van der Waals surface area (Å²) in [7, 11) is 1.41. The summed E-state index contributed by atoms with van der Waals surface area (Å²) >= 11 is 0. The Balaban J connectivity index is 2.67. The van der Waals surface area contributed by atoms with Crippen LogP contribution in [-0.2, 0) is 19.1 Å². The molecule has 0 bridgehead atoms. The molecule has 1 aliphatic heterocycles. The van der Waals surface area contributed by atoms with Crippen LogP contribution < -0.4 is 0 Å². The molecule has 1 atom stereocenters. The number of esters is 1. The van der Waals surface area contributed by atoms with E-state index in [9.17, 15) is 4.79 Å². The quantitative estimate of drug-likeness (QED) is 0.638. The van der Waals surface area contributed by atoms with E-state index >= 15 is 0 Å². The second-order valence-electron chi connectivity index (χ2n) is 2.96. The van der Waals surface area contributed by atoms with Crippen molar-refractivity contribution in [2.75, 3.05) is 13.7 Å². The Labute approximate surface area is 83.0 Å². The Hall–Kier alpha value is -1.10. The fourth-order valence-electron chi connectivity index (χ4n) is 1.20. The van der Waals surface area contributed by atoms with Crippen LogP contribution in [0.15, 0.2) is 5.16 Å². The summed E-state index contributed by atoms with van der Waals surface area (Å²) in [6, 6.07) is 0. The SMILES string of the molecule is CCOC(=O)C1(OC)CC(CC)=NO1. The van der Waals surface area contributed by atoms with Crippen LogP contribution in [0.25, 0.3) is 0 Å². The lowest BCUT2D eigenvalue weighted by Gasteiger charge is -2.21. The van der Waals surface area contributed by atoms with E-state index in [4.69, 9.17) is 14.3 Å². The molecule has 80 valence electrons. The number of ether oxygens (including phenoxy) is 2. The molecule has 0 amide bonds. The lowest BCUT2D eigenvalue weighted by Crippen LogP contribution is -2.42. The number of rotatable bonds is 4. The van der Waals surface area contributed by atoms with Gasteiger partial charge in [-0.3, -0.25) is 0 Å². The molecule has 5 nitrogen and oxygen atoms in total. The minimum Gasteiger partial charge on any atom is -0.461 e. The molecule has 1 unspecified atom stereocenters. The number of nitrogens with zero attached hydrogens (tertiary/aromatic N) is 1. The smallest absolute Gasteiger partial charge is 0.382 e. The van der Waals surface area contributed by atoms with Gasteiger partial charge in [0.25, 0.3) is 0 Å². The van der Waals surface area contributed by atoms with E-state index in [-0.39, 0.29) is 0 Å². The van der Waals surface area contributed by atoms with Crippen molar-refractivity contribution in [2.24, 2.45) is 5.16 Å². The van der Waals surface area contributed by atoms with Gasteiger partial charge in [0.05, 0.1) is 18.7 Å². The van der Waals surface area contributed by atoms with E-state index in [1.165, 1.54) is 7.11 Å². The lowest BCUT2D eigenvalue weighted by atomic mass is 10.1. The van der Waals surface area contributed by atoms with E-state index in [2.05, 4.69) is 5.16 Å². The van der Waals surface area contributed by atoms with E-state index in [0.29, 0.717) is 13.0 Å². The Morgan fingerprint density at radius 1 is 1.64 bits per heavy atom. The van der Waals surface area contributed by atoms with Crippen LogP contribution in [0.3, 0.4) is 0 Å². The van der Waals surface area contributed by atoms with Crippen molar-refractivity contribution in [1.82, 2.24) is 0 Å². The zero-order valence-electron chi connectivity index (χ0n) is 8.70. The number of carbonyl (C=O) groups excluding carboxylic acids is 1. The Morgan fingerprint density at radius 3 is 2.79 bits per heavy atom. The molecule has 0 radical (unpaired) electrons. The average Bonchev–Trinajstić information content (AvgIpc) is 2.63. The molecule has 14 heavy (non-hydrogen) atoms. The van der Waals surface area contributed by atoms with Gasteiger partial charge in [0, 0.05) is 7.11 Å². The molecule has 0 aromatic carbocycles. The third kappa shape index (κ3) is 1.87. The van der Waals surface area contributed by atoms with Gasteiger partial charge in [-0.25, -0.2) is 4.79 Å². The van der Waals surface area contributed by atoms with E-state index in [1.54, 1.807) is 6.92 Å². The predicted octanol–water partition coefficient (Wildman–Crippen LogP) is 1.08. The van der Waals surface area contributed by atoms with Gasteiger partial charge in [-0.1, -0.05) is 12.1 Å². The molecule has 0 saturated carbocycles. The molecule has 0 saturated heterocycles. The molecule has 5 heteroatoms. The number of carbonyl (C=O) groups is 1. The maximum atomic E-state index is 11.5. The monoisotopic (exact) mass is 201 g/mol. The predicted molar refractivity (Wildman–Crippen MR) is 49.8 cm³/mol. The summed E-state index contributed by atoms with van der Waals surface area (Å²) in [6.07, 6.45) is 1.09. The third-order valence-corrected chi connectivity index (χ3v) is 2.08. The van der Waals surface area contributed by atoms with E-state index in [0.717, 1.165) is 12.1 Å². The highest BCUT2D eigenvalue weighted by Crippen LogP contribution is 2.27. The summed E-state index contributed by atoms with van der Waals surface area (Å²) in [5, 5.41) is 3.77. The van der Waals surface area contributed by atoms with Crippen LogP contribution in [0.2, 0.25) is 0 Å². The maximum Gasteiger partial charge on any atom is 0.382 e. The second-order valence-corrected chi connectivity index (χ2v) is 2.96. The fourth-order valence-corrected chi connectivity index (χ4v) is 1.20. The van der Waals surface area contributed by atoms with Gasteiger partial charge in [-0.05, 0) is 13.3 Å². The van der Waals surface area contributed by atoms with Gasteiger partial charge in [0.1, 0.15) is 0 Å². The van der Waals surface area contributed by atoms with Crippen molar-refractivity contribution < 1.29 is 19.1 Å². The Morgan fingerprint density at radius 2 is 2.36 bits per heavy atom. The summed E-state index contributed by atoms with van der Waals surface area (Å²) in [5.41, 5.74) is 0.805. The fraction of sp³-hybridized carbons (Fsp3) is 0.778. The highest BCUT2D eigenvalue weighted by molar-refractivity contribution is 5.92. The average molecular weight is 201 g/mol. The third-order valence-electron chi connectivity index (χ3n) is 2.08. The van der Waals surface area contributed by atoms with Gasteiger partial charge >= 0.3 is 11.8 Å². The molecule has 1 heterocycles. The zero-order chi connectivity index (χ0) is 10.6. The first kappa shape index (κ1) is 11.0. The summed E-state index contributed by atoms with van der Waals surface area (Å²) in [5.74, 6) is -1.86. The van der Waals surface area contributed by atoms with Crippen LogP contribution in [-0.4, -0.2) is 31.2 Å². The first-order valence-electron chi connectivity index (χ1n) is 4.64. The largest absolute Gasteiger partial charge is 0.461 e. The van der Waals surface area contributed by atoms with E-state index < -0.39 is 11.8 Å². The zero-order valence-corrected chi connectivity index (χ0v) is 8.70. The number of hydrogen-bond acceptors (Lipinski definition) is 5. The van der Waals surface area contributed by atoms with Crippen LogP contribution in [0.1, 0.15) is 26.7 Å². The van der Waals surface area contributed by atoms with Crippen molar-refractivity contribution in [1.29, 1.82) is 0 Å². The standard InChI is InChI=1S/C9H15NO4/c1-4-7-6-9(12-3,14-10-7)8(11)13-5-2/h4-6H2,1-3H3. The molecular weight excluding hydrogens is 186 g/mol. The van der Waals surface area contributed by atoms with Gasteiger partial charge in [-0.2, -0.15) is 0 Å². The van der Waals surface area contributed by atoms with Gasteiger partial charge in [-0.15, -0.1) is 0 Å². The molecule has 0 aliphatic carbocycles. The van der Waals surface area contributed by atoms with Crippen molar-refractivity contribution in [3.8, 4) is 0 Å². The van der Waals surface area contributed by atoms with Crippen molar-refractivity contribution >= 4 is 11.7 Å². The van der Waals surface area contributed by atoms with Gasteiger partial charge in [0.15, 0.2) is 0 Å². The maximum absolute atomic E-state index is 11.5. The minimum absolute atomic E-state index is 0.300. The molecule has 0 fully saturated rings.